The van der Waals surface area contributed by atoms with Crippen molar-refractivity contribution in [1.82, 2.24) is 15.1 Å². The van der Waals surface area contributed by atoms with Gasteiger partial charge in [0, 0.05) is 18.7 Å². The third-order valence-corrected chi connectivity index (χ3v) is 2.80. The van der Waals surface area contributed by atoms with Crippen molar-refractivity contribution in [3.63, 3.8) is 0 Å². The average molecular weight is 263 g/mol. The van der Waals surface area contributed by atoms with Crippen molar-refractivity contribution in [3.8, 4) is 5.88 Å². The first kappa shape index (κ1) is 13.4. The molecule has 0 saturated carbocycles. The summed E-state index contributed by atoms with van der Waals surface area (Å²) in [4.78, 5) is 11.6. The van der Waals surface area contributed by atoms with Crippen molar-refractivity contribution in [3.05, 3.63) is 46.6 Å². The molecule has 19 heavy (non-hydrogen) atoms. The van der Waals surface area contributed by atoms with Crippen molar-refractivity contribution < 1.29 is 9.15 Å². The van der Waals surface area contributed by atoms with Crippen LogP contribution in [0.4, 0.5) is 0 Å². The van der Waals surface area contributed by atoms with Crippen LogP contribution < -0.4 is 15.6 Å². The molecule has 2 aromatic heterocycles. The molecule has 0 radical (unpaired) electrons. The lowest BCUT2D eigenvalue weighted by Crippen LogP contribution is -2.29. The second kappa shape index (κ2) is 6.19. The summed E-state index contributed by atoms with van der Waals surface area (Å²) in [5.41, 5.74) is -0.145. The zero-order valence-corrected chi connectivity index (χ0v) is 11.0. The maximum Gasteiger partial charge on any atom is 0.267 e. The summed E-state index contributed by atoms with van der Waals surface area (Å²) in [5, 5.41) is 7.33. The number of rotatable bonds is 6. The minimum absolute atomic E-state index is 0.0938. The summed E-state index contributed by atoms with van der Waals surface area (Å²) in [6.07, 6.45) is 1.64. The molecule has 6 nitrogen and oxygen atoms in total. The maximum absolute atomic E-state index is 11.6. The minimum Gasteiger partial charge on any atom is -0.480 e. The molecular weight excluding hydrogens is 246 g/mol. The Morgan fingerprint density at radius 2 is 2.32 bits per heavy atom. The number of ether oxygens (including phenoxy) is 1. The van der Waals surface area contributed by atoms with Crippen molar-refractivity contribution in [1.29, 1.82) is 0 Å². The van der Waals surface area contributed by atoms with Crippen LogP contribution in [-0.2, 0) is 6.54 Å². The zero-order valence-electron chi connectivity index (χ0n) is 11.0. The molecule has 0 bridgehead atoms. The molecule has 0 aliphatic rings. The summed E-state index contributed by atoms with van der Waals surface area (Å²) in [5.74, 6) is 1.30. The van der Waals surface area contributed by atoms with E-state index in [1.54, 1.807) is 12.3 Å². The molecule has 1 unspecified atom stereocenters. The van der Waals surface area contributed by atoms with E-state index >= 15 is 0 Å². The zero-order chi connectivity index (χ0) is 13.7. The molecule has 2 rings (SSSR count). The van der Waals surface area contributed by atoms with Crippen LogP contribution in [0.15, 0.2) is 39.7 Å². The molecule has 2 heterocycles. The Kier molecular flexibility index (Phi) is 4.35. The van der Waals surface area contributed by atoms with Gasteiger partial charge >= 0.3 is 0 Å². The van der Waals surface area contributed by atoms with Gasteiger partial charge in [0.15, 0.2) is 0 Å². The van der Waals surface area contributed by atoms with Crippen LogP contribution in [0.25, 0.3) is 0 Å². The van der Waals surface area contributed by atoms with Crippen LogP contribution in [0.3, 0.4) is 0 Å². The van der Waals surface area contributed by atoms with Crippen LogP contribution in [0.5, 0.6) is 5.88 Å². The van der Waals surface area contributed by atoms with Gasteiger partial charge in [-0.05, 0) is 19.1 Å². The monoisotopic (exact) mass is 263 g/mol. The van der Waals surface area contributed by atoms with Crippen LogP contribution in [0.1, 0.15) is 18.7 Å². The van der Waals surface area contributed by atoms with E-state index < -0.39 is 0 Å². The summed E-state index contributed by atoms with van der Waals surface area (Å²) in [6, 6.07) is 6.85. The lowest BCUT2D eigenvalue weighted by molar-refractivity contribution is 0.369. The van der Waals surface area contributed by atoms with Gasteiger partial charge in [-0.1, -0.05) is 0 Å². The van der Waals surface area contributed by atoms with E-state index in [1.807, 2.05) is 19.1 Å². The molecule has 0 fully saturated rings. The highest BCUT2D eigenvalue weighted by molar-refractivity contribution is 5.06. The van der Waals surface area contributed by atoms with E-state index in [4.69, 9.17) is 9.15 Å². The predicted molar refractivity (Wildman–Crippen MR) is 70.2 cm³/mol. The molecule has 0 amide bonds. The van der Waals surface area contributed by atoms with Gasteiger partial charge in [0.2, 0.25) is 5.88 Å². The van der Waals surface area contributed by atoms with Crippen molar-refractivity contribution in [2.24, 2.45) is 0 Å². The predicted octanol–water partition coefficient (Wildman–Crippen LogP) is 1.20. The van der Waals surface area contributed by atoms with Crippen LogP contribution >= 0.6 is 0 Å². The fraction of sp³-hybridized carbons (Fsp3) is 0.385. The molecule has 0 aromatic carbocycles. The van der Waals surface area contributed by atoms with Gasteiger partial charge in [-0.25, -0.2) is 4.68 Å². The Balaban J connectivity index is 1.90. The molecule has 0 aliphatic heterocycles. The number of nitrogens with zero attached hydrogens (tertiary/aromatic N) is 2. The highest BCUT2D eigenvalue weighted by Gasteiger charge is 2.07. The fourth-order valence-corrected chi connectivity index (χ4v) is 1.72. The van der Waals surface area contributed by atoms with E-state index in [2.05, 4.69) is 10.4 Å². The van der Waals surface area contributed by atoms with Gasteiger partial charge in [0.1, 0.15) is 5.76 Å². The molecule has 2 aromatic rings. The lowest BCUT2D eigenvalue weighted by atomic mass is 10.2. The van der Waals surface area contributed by atoms with Gasteiger partial charge in [-0.3, -0.25) is 4.79 Å². The third kappa shape index (κ3) is 3.45. The van der Waals surface area contributed by atoms with Gasteiger partial charge in [-0.15, -0.1) is 5.10 Å². The molecule has 0 saturated heterocycles. The van der Waals surface area contributed by atoms with Gasteiger partial charge < -0.3 is 14.5 Å². The molecule has 102 valence electrons. The summed E-state index contributed by atoms with van der Waals surface area (Å²) < 4.78 is 11.7. The molecule has 1 atom stereocenters. The smallest absolute Gasteiger partial charge is 0.267 e. The van der Waals surface area contributed by atoms with Crippen molar-refractivity contribution in [2.75, 3.05) is 13.7 Å². The Morgan fingerprint density at radius 1 is 1.47 bits per heavy atom. The standard InChI is InChI=1S/C13H17N3O3/c1-10(11-4-3-9-19-11)14-7-8-16-13(17)6-5-12(15-16)18-2/h3-6,9-10,14H,7-8H2,1-2H3. The molecule has 1 N–H and O–H groups in total. The quantitative estimate of drug-likeness (QED) is 0.848. The average Bonchev–Trinajstić information content (AvgIpc) is 2.95. The minimum atomic E-state index is -0.145. The first-order valence-electron chi connectivity index (χ1n) is 6.09. The summed E-state index contributed by atoms with van der Waals surface area (Å²) in [7, 11) is 1.52. The number of nitrogens with one attached hydrogen (secondary N) is 1. The van der Waals surface area contributed by atoms with Crippen LogP contribution in [0.2, 0.25) is 0 Å². The van der Waals surface area contributed by atoms with Crippen molar-refractivity contribution in [2.45, 2.75) is 19.5 Å². The van der Waals surface area contributed by atoms with Gasteiger partial charge in [-0.2, -0.15) is 0 Å². The van der Waals surface area contributed by atoms with E-state index in [0.717, 1.165) is 5.76 Å². The molecular formula is C13H17N3O3. The van der Waals surface area contributed by atoms with E-state index in [1.165, 1.54) is 17.9 Å². The number of aromatic nitrogens is 2. The van der Waals surface area contributed by atoms with E-state index in [-0.39, 0.29) is 11.6 Å². The Labute approximate surface area is 111 Å². The Hall–Kier alpha value is -2.08. The van der Waals surface area contributed by atoms with Gasteiger partial charge in [0.05, 0.1) is 26.0 Å². The fourth-order valence-electron chi connectivity index (χ4n) is 1.72. The van der Waals surface area contributed by atoms with Crippen LogP contribution in [-0.4, -0.2) is 23.4 Å². The summed E-state index contributed by atoms with van der Waals surface area (Å²) in [6.45, 7) is 3.09. The third-order valence-electron chi connectivity index (χ3n) is 2.80. The largest absolute Gasteiger partial charge is 0.480 e. The van der Waals surface area contributed by atoms with Gasteiger partial charge in [0.25, 0.3) is 5.56 Å². The van der Waals surface area contributed by atoms with Crippen molar-refractivity contribution >= 4 is 0 Å². The Bertz CT molecular complexity index is 563. The second-order valence-corrected chi connectivity index (χ2v) is 4.13. The topological polar surface area (TPSA) is 69.3 Å². The first-order valence-corrected chi connectivity index (χ1v) is 6.09. The normalized spacial score (nSPS) is 12.3. The molecule has 0 spiro atoms. The SMILES string of the molecule is COc1ccc(=O)n(CCNC(C)c2ccco2)n1. The Morgan fingerprint density at radius 3 is 3.00 bits per heavy atom. The van der Waals surface area contributed by atoms with E-state index in [0.29, 0.717) is 19.0 Å². The maximum atomic E-state index is 11.6. The number of methoxy groups -OCH3 is 1. The summed E-state index contributed by atoms with van der Waals surface area (Å²) >= 11 is 0. The highest BCUT2D eigenvalue weighted by atomic mass is 16.5. The van der Waals surface area contributed by atoms with E-state index in [9.17, 15) is 4.79 Å². The number of hydrogen-bond acceptors (Lipinski definition) is 5. The van der Waals surface area contributed by atoms with Crippen LogP contribution in [0, 0.1) is 0 Å². The molecule has 6 heteroatoms. The molecule has 0 aliphatic carbocycles. The lowest BCUT2D eigenvalue weighted by Gasteiger charge is -2.11. The first-order chi connectivity index (χ1) is 9.20. The number of furan rings is 1. The second-order valence-electron chi connectivity index (χ2n) is 4.13. The number of hydrogen-bond donors (Lipinski definition) is 1. The highest BCUT2D eigenvalue weighted by Crippen LogP contribution is 2.11.